The number of fused-ring (bicyclic) bond motifs is 1. The zero-order valence-corrected chi connectivity index (χ0v) is 16.9. The Balaban J connectivity index is 1.79. The number of carboxylic acid groups (broad SMARTS) is 1. The highest BCUT2D eigenvalue weighted by atomic mass is 35.5. The van der Waals surface area contributed by atoms with Gasteiger partial charge in [0.1, 0.15) is 5.75 Å². The minimum atomic E-state index is -1.47. The molecule has 2 N–H and O–H groups in total. The zero-order valence-electron chi connectivity index (χ0n) is 16.1. The van der Waals surface area contributed by atoms with Crippen LogP contribution in [0.25, 0.3) is 10.8 Å². The van der Waals surface area contributed by atoms with Gasteiger partial charge in [-0.2, -0.15) is 0 Å². The third kappa shape index (κ3) is 4.36. The molecular weight excluding hydrogens is 416 g/mol. The molecule has 0 saturated carbocycles. The van der Waals surface area contributed by atoms with Gasteiger partial charge in [-0.3, -0.25) is 4.79 Å². The Kier molecular flexibility index (Phi) is 6.22. The van der Waals surface area contributed by atoms with Crippen LogP contribution in [0, 0.1) is 17.6 Å². The highest BCUT2D eigenvalue weighted by Gasteiger charge is 2.20. The third-order valence-electron chi connectivity index (χ3n) is 4.74. The summed E-state index contributed by atoms with van der Waals surface area (Å²) in [6, 6.07) is 10.4. The van der Waals surface area contributed by atoms with Crippen LogP contribution >= 0.6 is 11.6 Å². The smallest absolute Gasteiger partial charge is 0.337 e. The number of aromatic carboxylic acids is 1. The lowest BCUT2D eigenvalue weighted by atomic mass is 9.97. The predicted octanol–water partition coefficient (Wildman–Crippen LogP) is 5.30. The lowest BCUT2D eigenvalue weighted by Crippen LogP contribution is -2.23. The van der Waals surface area contributed by atoms with Gasteiger partial charge in [-0.15, -0.1) is 0 Å². The van der Waals surface area contributed by atoms with E-state index in [1.807, 2.05) is 24.3 Å². The molecule has 3 aromatic rings. The molecule has 3 aromatic carbocycles. The maximum Gasteiger partial charge on any atom is 0.337 e. The molecule has 0 spiro atoms. The maximum atomic E-state index is 13.5. The van der Waals surface area contributed by atoms with Crippen molar-refractivity contribution in [2.24, 2.45) is 5.92 Å². The van der Waals surface area contributed by atoms with E-state index < -0.39 is 35.0 Å². The molecule has 0 heterocycles. The van der Waals surface area contributed by atoms with E-state index in [-0.39, 0.29) is 5.69 Å². The summed E-state index contributed by atoms with van der Waals surface area (Å²) in [4.78, 5) is 23.8. The fraction of sp³-hybridized carbons (Fsp3) is 0.182. The van der Waals surface area contributed by atoms with Crippen molar-refractivity contribution >= 4 is 39.9 Å². The number of rotatable bonds is 6. The topological polar surface area (TPSA) is 75.6 Å². The fourth-order valence-electron chi connectivity index (χ4n) is 3.14. The summed E-state index contributed by atoms with van der Waals surface area (Å²) in [6.07, 6.45) is 0.345. The van der Waals surface area contributed by atoms with Crippen molar-refractivity contribution in [2.75, 3.05) is 12.4 Å². The Morgan fingerprint density at radius 3 is 2.50 bits per heavy atom. The van der Waals surface area contributed by atoms with Crippen molar-refractivity contribution < 1.29 is 28.2 Å². The number of amides is 1. The van der Waals surface area contributed by atoms with Crippen LogP contribution in [0.5, 0.6) is 5.75 Å². The van der Waals surface area contributed by atoms with Crippen LogP contribution in [0.1, 0.15) is 22.8 Å². The predicted molar refractivity (Wildman–Crippen MR) is 110 cm³/mol. The first-order valence-electron chi connectivity index (χ1n) is 8.99. The molecule has 30 heavy (non-hydrogen) atoms. The van der Waals surface area contributed by atoms with Crippen LogP contribution in [0.4, 0.5) is 14.5 Å². The third-order valence-corrected chi connectivity index (χ3v) is 5.13. The summed E-state index contributed by atoms with van der Waals surface area (Å²) in [6.45, 7) is 1.65. The average molecular weight is 434 g/mol. The van der Waals surface area contributed by atoms with E-state index in [1.165, 1.54) is 7.11 Å². The van der Waals surface area contributed by atoms with Crippen LogP contribution < -0.4 is 10.1 Å². The van der Waals surface area contributed by atoms with Crippen LogP contribution in [0.3, 0.4) is 0 Å². The van der Waals surface area contributed by atoms with Gasteiger partial charge in [-0.1, -0.05) is 42.8 Å². The van der Waals surface area contributed by atoms with Crippen molar-refractivity contribution in [1.29, 1.82) is 0 Å². The average Bonchev–Trinajstić information content (AvgIpc) is 2.70. The molecule has 1 amide bonds. The summed E-state index contributed by atoms with van der Waals surface area (Å²) in [5.41, 5.74) is 0.0366. The second kappa shape index (κ2) is 8.67. The van der Waals surface area contributed by atoms with Crippen molar-refractivity contribution in [3.05, 3.63) is 70.2 Å². The van der Waals surface area contributed by atoms with E-state index in [1.54, 1.807) is 13.0 Å². The van der Waals surface area contributed by atoms with Gasteiger partial charge in [0.15, 0.2) is 11.6 Å². The van der Waals surface area contributed by atoms with Gasteiger partial charge >= 0.3 is 5.97 Å². The highest BCUT2D eigenvalue weighted by Crippen LogP contribution is 2.33. The normalized spacial score (nSPS) is 11.9. The monoisotopic (exact) mass is 433 g/mol. The van der Waals surface area contributed by atoms with Gasteiger partial charge < -0.3 is 15.2 Å². The minimum Gasteiger partial charge on any atom is -0.495 e. The molecule has 156 valence electrons. The van der Waals surface area contributed by atoms with Gasteiger partial charge in [0.2, 0.25) is 5.91 Å². The Bertz CT molecular complexity index is 1150. The molecule has 1 unspecified atom stereocenters. The van der Waals surface area contributed by atoms with Gasteiger partial charge in [0, 0.05) is 17.4 Å². The molecule has 0 aliphatic carbocycles. The summed E-state index contributed by atoms with van der Waals surface area (Å²) >= 11 is 6.31. The molecule has 0 radical (unpaired) electrons. The Morgan fingerprint density at radius 2 is 1.83 bits per heavy atom. The number of carbonyl (C=O) groups is 2. The van der Waals surface area contributed by atoms with E-state index in [0.717, 1.165) is 16.3 Å². The molecule has 0 fully saturated rings. The fourth-order valence-corrected chi connectivity index (χ4v) is 3.45. The van der Waals surface area contributed by atoms with Gasteiger partial charge in [0.25, 0.3) is 0 Å². The minimum absolute atomic E-state index is 0.296. The van der Waals surface area contributed by atoms with Gasteiger partial charge in [0.05, 0.1) is 23.4 Å². The van der Waals surface area contributed by atoms with Crippen LogP contribution in [-0.4, -0.2) is 24.1 Å². The summed E-state index contributed by atoms with van der Waals surface area (Å²) in [5, 5.41) is 13.7. The largest absolute Gasteiger partial charge is 0.495 e. The molecular formula is C22H18ClF2NO4. The number of carbonyl (C=O) groups excluding carboxylic acids is 1. The molecule has 3 rings (SSSR count). The number of hydrogen-bond acceptors (Lipinski definition) is 3. The second-order valence-corrected chi connectivity index (χ2v) is 7.23. The summed E-state index contributed by atoms with van der Waals surface area (Å²) in [5.74, 6) is -4.54. The van der Waals surface area contributed by atoms with Crippen molar-refractivity contribution in [1.82, 2.24) is 0 Å². The molecule has 0 aliphatic rings. The Hall–Kier alpha value is -3.19. The van der Waals surface area contributed by atoms with E-state index in [9.17, 15) is 18.4 Å². The first-order valence-corrected chi connectivity index (χ1v) is 9.37. The number of carboxylic acids is 1. The number of ether oxygens (including phenoxy) is 1. The number of hydrogen-bond donors (Lipinski definition) is 2. The number of nitrogens with one attached hydrogen (secondary N) is 1. The summed E-state index contributed by atoms with van der Waals surface area (Å²) < 4.78 is 32.1. The van der Waals surface area contributed by atoms with Gasteiger partial charge in [-0.25, -0.2) is 13.6 Å². The molecule has 5 nitrogen and oxygen atoms in total. The number of halogens is 3. The van der Waals surface area contributed by atoms with E-state index >= 15 is 0 Å². The lowest BCUT2D eigenvalue weighted by Gasteiger charge is -2.15. The molecule has 0 aromatic heterocycles. The second-order valence-electron chi connectivity index (χ2n) is 6.85. The standard InChI is InChI=1S/C22H18ClF2NO4/c1-11(21(27)26-18-10-17(25)16(24)9-15(18)22(28)29)7-12-3-5-14-13(8-12)4-6-19(30-2)20(14)23/h3-6,8-11H,7H2,1-2H3,(H,26,27)(H,28,29). The molecule has 0 saturated heterocycles. The van der Waals surface area contributed by atoms with E-state index in [4.69, 9.17) is 21.4 Å². The van der Waals surface area contributed by atoms with Crippen molar-refractivity contribution in [2.45, 2.75) is 13.3 Å². The first-order chi connectivity index (χ1) is 14.2. The maximum absolute atomic E-state index is 13.5. The molecule has 1 atom stereocenters. The molecule has 0 aliphatic heterocycles. The number of methoxy groups -OCH3 is 1. The Labute approximate surface area is 176 Å². The zero-order chi connectivity index (χ0) is 22.0. The number of anilines is 1. The van der Waals surface area contributed by atoms with Gasteiger partial charge in [-0.05, 0) is 29.5 Å². The van der Waals surface area contributed by atoms with Crippen molar-refractivity contribution in [3.63, 3.8) is 0 Å². The van der Waals surface area contributed by atoms with Crippen LogP contribution in [0.15, 0.2) is 42.5 Å². The molecule has 8 heteroatoms. The highest BCUT2D eigenvalue weighted by molar-refractivity contribution is 6.37. The van der Waals surface area contributed by atoms with E-state index in [2.05, 4.69) is 5.32 Å². The quantitative estimate of drug-likeness (QED) is 0.553. The van der Waals surface area contributed by atoms with Crippen molar-refractivity contribution in [3.8, 4) is 5.75 Å². The SMILES string of the molecule is COc1ccc2cc(CC(C)C(=O)Nc3cc(F)c(F)cc3C(=O)O)ccc2c1Cl. The lowest BCUT2D eigenvalue weighted by molar-refractivity contribution is -0.119. The summed E-state index contributed by atoms with van der Waals surface area (Å²) in [7, 11) is 1.53. The van der Waals surface area contributed by atoms with E-state index in [0.29, 0.717) is 29.3 Å². The Morgan fingerprint density at radius 1 is 1.13 bits per heavy atom. The molecule has 0 bridgehead atoms. The number of benzene rings is 3. The van der Waals surface area contributed by atoms with Crippen LogP contribution in [0.2, 0.25) is 5.02 Å². The van der Waals surface area contributed by atoms with Crippen LogP contribution in [-0.2, 0) is 11.2 Å². The first kappa shape index (κ1) is 21.5.